The van der Waals surface area contributed by atoms with Gasteiger partial charge in [-0.25, -0.2) is 0 Å². The first-order chi connectivity index (χ1) is 19.1. The van der Waals surface area contributed by atoms with Crippen molar-refractivity contribution in [2.45, 2.75) is 36.5 Å². The van der Waals surface area contributed by atoms with Gasteiger partial charge in [-0.1, -0.05) is 106 Å². The van der Waals surface area contributed by atoms with E-state index in [1.54, 1.807) is 72.8 Å². The Hall–Kier alpha value is -4.28. The highest BCUT2D eigenvalue weighted by atomic mass is 32.2. The van der Waals surface area contributed by atoms with E-state index in [0.717, 1.165) is 11.1 Å². The van der Waals surface area contributed by atoms with Gasteiger partial charge in [-0.15, -0.1) is 0 Å². The van der Waals surface area contributed by atoms with E-state index in [1.807, 2.05) is 26.0 Å². The molecule has 0 unspecified atom stereocenters. The zero-order valence-corrected chi connectivity index (χ0v) is 23.6. The summed E-state index contributed by atoms with van der Waals surface area (Å²) in [6.07, 6.45) is 0.351. The molecule has 0 saturated heterocycles. The maximum Gasteiger partial charge on any atom is 0.358 e. The van der Waals surface area contributed by atoms with E-state index in [9.17, 15) is 16.8 Å². The van der Waals surface area contributed by atoms with E-state index < -0.39 is 20.2 Å². The van der Waals surface area contributed by atoms with Crippen LogP contribution in [0.3, 0.4) is 0 Å². The molecule has 0 aliphatic rings. The molecule has 0 radical (unpaired) electrons. The second-order valence-electron chi connectivity index (χ2n) is 8.99. The summed E-state index contributed by atoms with van der Waals surface area (Å²) in [6, 6.07) is 30.4. The van der Waals surface area contributed by atoms with Crippen LogP contribution in [-0.2, 0) is 28.8 Å². The van der Waals surface area contributed by atoms with Gasteiger partial charge >= 0.3 is 20.2 Å². The number of rotatable bonds is 11. The molecule has 0 spiro atoms. The van der Waals surface area contributed by atoms with Crippen molar-refractivity contribution in [3.05, 3.63) is 131 Å². The lowest BCUT2D eigenvalue weighted by Gasteiger charge is -2.10. The fourth-order valence-corrected chi connectivity index (χ4v) is 5.15. The molecule has 0 N–H and O–H groups in total. The van der Waals surface area contributed by atoms with Gasteiger partial charge in [-0.2, -0.15) is 16.8 Å². The standard InChI is InChI=1S/C30H28N2O6S2/c1-23-13-17-27(18-14-23)39(33,34)37-31-29(25-9-5-3-6-10-25)21-22-30(26-11-7-4-8-12-26)32-38-40(35,36)28-19-15-24(2)16-20-28/h3-20H,21-22H2,1-2H3/b31-29-,32-30+. The number of oxime groups is 2. The van der Waals surface area contributed by atoms with Gasteiger partial charge in [0.15, 0.2) is 0 Å². The highest BCUT2D eigenvalue weighted by molar-refractivity contribution is 7.87. The molecule has 0 bridgehead atoms. The lowest BCUT2D eigenvalue weighted by molar-refractivity contribution is 0.335. The summed E-state index contributed by atoms with van der Waals surface area (Å²) < 4.78 is 61.2. The Balaban J connectivity index is 1.61. The summed E-state index contributed by atoms with van der Waals surface area (Å²) in [4.78, 5) is -0.0361. The van der Waals surface area contributed by atoms with Gasteiger partial charge in [0, 0.05) is 0 Å². The normalized spacial score (nSPS) is 12.7. The van der Waals surface area contributed by atoms with Gasteiger partial charge in [0.1, 0.15) is 9.79 Å². The van der Waals surface area contributed by atoms with Crippen LogP contribution in [0.25, 0.3) is 0 Å². The third-order valence-electron chi connectivity index (χ3n) is 5.92. The third kappa shape index (κ3) is 7.64. The predicted molar refractivity (Wildman–Crippen MR) is 154 cm³/mol. The van der Waals surface area contributed by atoms with Gasteiger partial charge in [0.2, 0.25) is 0 Å². The van der Waals surface area contributed by atoms with Crippen molar-refractivity contribution in [2.75, 3.05) is 0 Å². The van der Waals surface area contributed by atoms with E-state index in [1.165, 1.54) is 24.3 Å². The van der Waals surface area contributed by atoms with Crippen molar-refractivity contribution in [3.8, 4) is 0 Å². The highest BCUT2D eigenvalue weighted by Crippen LogP contribution is 2.18. The van der Waals surface area contributed by atoms with Gasteiger partial charge in [0.05, 0.1) is 11.4 Å². The molecule has 0 amide bonds. The van der Waals surface area contributed by atoms with Crippen molar-refractivity contribution >= 4 is 31.7 Å². The highest BCUT2D eigenvalue weighted by Gasteiger charge is 2.19. The molecule has 206 valence electrons. The van der Waals surface area contributed by atoms with Crippen molar-refractivity contribution in [2.24, 2.45) is 10.3 Å². The van der Waals surface area contributed by atoms with Crippen molar-refractivity contribution in [3.63, 3.8) is 0 Å². The minimum atomic E-state index is -4.16. The second kappa shape index (κ2) is 12.7. The Bertz CT molecular complexity index is 1570. The molecule has 4 rings (SSSR count). The Morgan fingerprint density at radius 3 is 1.18 bits per heavy atom. The molecule has 4 aromatic rings. The first kappa shape index (κ1) is 28.7. The summed E-state index contributed by atoms with van der Waals surface area (Å²) >= 11 is 0. The molecule has 0 heterocycles. The minimum absolute atomic E-state index is 0.0180. The second-order valence-corrected chi connectivity index (χ2v) is 12.0. The molecule has 0 aromatic heterocycles. The van der Waals surface area contributed by atoms with E-state index in [2.05, 4.69) is 10.3 Å². The minimum Gasteiger partial charge on any atom is -0.264 e. The molecule has 4 aromatic carbocycles. The van der Waals surface area contributed by atoms with Crippen molar-refractivity contribution < 1.29 is 25.4 Å². The van der Waals surface area contributed by atoms with E-state index in [0.29, 0.717) is 22.6 Å². The molecule has 8 nitrogen and oxygen atoms in total. The van der Waals surface area contributed by atoms with E-state index in [4.69, 9.17) is 8.57 Å². The molecular formula is C30H28N2O6S2. The largest absolute Gasteiger partial charge is 0.358 e. The van der Waals surface area contributed by atoms with Gasteiger partial charge in [-0.05, 0) is 62.1 Å². The molecule has 0 fully saturated rings. The number of aryl methyl sites for hydroxylation is 2. The predicted octanol–water partition coefficient (Wildman–Crippen LogP) is 6.00. The number of hydrogen-bond donors (Lipinski definition) is 0. The lowest BCUT2D eigenvalue weighted by Crippen LogP contribution is -2.12. The molecule has 0 aliphatic carbocycles. The van der Waals surface area contributed by atoms with Crippen LogP contribution in [0.1, 0.15) is 35.1 Å². The SMILES string of the molecule is Cc1ccc(S(=O)(=O)O/N=C(/CC/C(=N\OS(=O)(=O)c2ccc(C)cc2)c2ccccc2)c2ccccc2)cc1. The smallest absolute Gasteiger partial charge is 0.264 e. The lowest BCUT2D eigenvalue weighted by atomic mass is 10.0. The number of benzene rings is 4. The summed E-state index contributed by atoms with van der Waals surface area (Å²) in [5.74, 6) is 0. The average molecular weight is 577 g/mol. The molecular weight excluding hydrogens is 548 g/mol. The van der Waals surface area contributed by atoms with Crippen molar-refractivity contribution in [1.29, 1.82) is 0 Å². The molecule has 40 heavy (non-hydrogen) atoms. The Morgan fingerprint density at radius 1 is 0.525 bits per heavy atom. The van der Waals surface area contributed by atoms with Crippen LogP contribution >= 0.6 is 0 Å². The van der Waals surface area contributed by atoms with Gasteiger partial charge in [-0.3, -0.25) is 8.57 Å². The Kier molecular flexibility index (Phi) is 9.13. The molecule has 0 saturated carbocycles. The maximum atomic E-state index is 12.8. The molecule has 0 atom stereocenters. The first-order valence-electron chi connectivity index (χ1n) is 12.4. The number of nitrogens with zero attached hydrogens (tertiary/aromatic N) is 2. The summed E-state index contributed by atoms with van der Waals surface area (Å²) in [5, 5.41) is 8.02. The summed E-state index contributed by atoms with van der Waals surface area (Å²) in [5.41, 5.74) is 3.77. The Labute approximate surface area is 234 Å². The first-order valence-corrected chi connectivity index (χ1v) is 15.2. The van der Waals surface area contributed by atoms with Crippen LogP contribution in [0.4, 0.5) is 0 Å². The van der Waals surface area contributed by atoms with E-state index in [-0.39, 0.29) is 22.6 Å². The topological polar surface area (TPSA) is 111 Å². The third-order valence-corrected chi connectivity index (χ3v) is 8.16. The van der Waals surface area contributed by atoms with Crippen LogP contribution in [0, 0.1) is 13.8 Å². The van der Waals surface area contributed by atoms with Crippen LogP contribution < -0.4 is 0 Å². The van der Waals surface area contributed by atoms with Crippen LogP contribution in [0.15, 0.2) is 129 Å². The fraction of sp³-hybridized carbons (Fsp3) is 0.133. The quantitative estimate of drug-likeness (QED) is 0.160. The van der Waals surface area contributed by atoms with Crippen LogP contribution in [-0.4, -0.2) is 28.3 Å². The van der Waals surface area contributed by atoms with Crippen molar-refractivity contribution in [1.82, 2.24) is 0 Å². The van der Waals surface area contributed by atoms with Gasteiger partial charge in [0.25, 0.3) is 0 Å². The van der Waals surface area contributed by atoms with Crippen LogP contribution in [0.5, 0.6) is 0 Å². The number of hydrogen-bond acceptors (Lipinski definition) is 8. The molecule has 10 heteroatoms. The Morgan fingerprint density at radius 2 is 0.850 bits per heavy atom. The monoisotopic (exact) mass is 576 g/mol. The molecule has 0 aliphatic heterocycles. The maximum absolute atomic E-state index is 12.8. The zero-order valence-electron chi connectivity index (χ0n) is 22.0. The van der Waals surface area contributed by atoms with Crippen LogP contribution in [0.2, 0.25) is 0 Å². The summed E-state index contributed by atoms with van der Waals surface area (Å²) in [7, 11) is -8.31. The zero-order chi connectivity index (χ0) is 28.6. The fourth-order valence-electron chi connectivity index (χ4n) is 3.67. The van der Waals surface area contributed by atoms with E-state index >= 15 is 0 Å². The average Bonchev–Trinajstić information content (AvgIpc) is 2.96. The summed E-state index contributed by atoms with van der Waals surface area (Å²) in [6.45, 7) is 3.70. The van der Waals surface area contributed by atoms with Gasteiger partial charge < -0.3 is 0 Å².